The van der Waals surface area contributed by atoms with E-state index in [1.165, 1.54) is 205 Å². The van der Waals surface area contributed by atoms with Crippen molar-refractivity contribution >= 4 is 5.91 Å². The van der Waals surface area contributed by atoms with Gasteiger partial charge in [0.15, 0.2) is 0 Å². The molecule has 336 valence electrons. The van der Waals surface area contributed by atoms with E-state index < -0.39 is 0 Å². The number of nitrogens with one attached hydrogen (secondary N) is 5. The zero-order valence-electron chi connectivity index (χ0n) is 38.3. The number of hydrogen-bond acceptors (Lipinski definition) is 7. The van der Waals surface area contributed by atoms with E-state index in [0.29, 0.717) is 6.54 Å². The third-order valence-electron chi connectivity index (χ3n) is 11.3. The van der Waals surface area contributed by atoms with Crippen molar-refractivity contribution in [3.8, 4) is 0 Å². The van der Waals surface area contributed by atoms with Crippen molar-refractivity contribution in [2.24, 2.45) is 5.73 Å². The first-order chi connectivity index (χ1) is 27.7. The molecule has 8 heteroatoms. The first-order valence-electron chi connectivity index (χ1n) is 25.4. The van der Waals surface area contributed by atoms with Crippen LogP contribution in [0.2, 0.25) is 0 Å². The molecule has 0 aromatic carbocycles. The van der Waals surface area contributed by atoms with E-state index in [9.17, 15) is 4.79 Å². The second-order valence-corrected chi connectivity index (χ2v) is 17.1. The average Bonchev–Trinajstić information content (AvgIpc) is 3.20. The molecule has 0 fully saturated rings. The van der Waals surface area contributed by atoms with Crippen LogP contribution in [-0.4, -0.2) is 69.9 Å². The molecule has 0 spiro atoms. The molecule has 0 unspecified atom stereocenters. The normalized spacial score (nSPS) is 11.6. The van der Waals surface area contributed by atoms with Gasteiger partial charge < -0.3 is 21.7 Å². The molecule has 0 rings (SSSR count). The van der Waals surface area contributed by atoms with Crippen molar-refractivity contribution in [1.29, 1.82) is 0 Å². The molecule has 56 heavy (non-hydrogen) atoms. The molecule has 0 saturated carbocycles. The van der Waals surface area contributed by atoms with Crippen molar-refractivity contribution in [2.45, 2.75) is 245 Å². The minimum Gasteiger partial charge on any atom is -0.355 e. The largest absolute Gasteiger partial charge is 0.355 e. The molecule has 0 saturated heterocycles. The monoisotopic (exact) mass is 794 g/mol. The number of hydrazine groups is 2. The number of nitrogens with two attached hydrogens (primary N) is 1. The van der Waals surface area contributed by atoms with Crippen LogP contribution in [0.15, 0.2) is 0 Å². The van der Waals surface area contributed by atoms with Crippen LogP contribution in [0, 0.1) is 0 Å². The fourth-order valence-corrected chi connectivity index (χ4v) is 7.56. The summed E-state index contributed by atoms with van der Waals surface area (Å²) in [6, 6.07) is 0. The van der Waals surface area contributed by atoms with E-state index >= 15 is 0 Å². The van der Waals surface area contributed by atoms with E-state index in [1.54, 1.807) is 0 Å². The Bertz CT molecular complexity index is 690. The minimum absolute atomic E-state index is 0.0903. The SMILES string of the molecule is CCCCCCCCCCCCCCCCCCNN(CC(=O)NCCCNCCCCNCCCN)NCCCCCCCCCCCCCCCCCC. The fraction of sp³-hybridized carbons (Fsp3) is 0.979. The molecule has 0 heterocycles. The minimum atomic E-state index is 0.0903. The van der Waals surface area contributed by atoms with Crippen LogP contribution in [0.3, 0.4) is 0 Å². The van der Waals surface area contributed by atoms with E-state index in [2.05, 4.69) is 40.6 Å². The van der Waals surface area contributed by atoms with Gasteiger partial charge >= 0.3 is 0 Å². The van der Waals surface area contributed by atoms with Gasteiger partial charge in [-0.15, -0.1) is 0 Å². The Balaban J connectivity index is 4.05. The van der Waals surface area contributed by atoms with E-state index in [-0.39, 0.29) is 5.91 Å². The second kappa shape index (κ2) is 50.4. The van der Waals surface area contributed by atoms with E-state index in [1.807, 2.05) is 5.12 Å². The van der Waals surface area contributed by atoms with Gasteiger partial charge in [-0.3, -0.25) is 4.79 Å². The maximum absolute atomic E-state index is 12.8. The standard InChI is InChI=1S/C48H103N7O/c1-3-5-7-9-11-13-15-17-19-21-23-25-27-29-31-33-45-53-55(47-48(56)52-44-38-43-51-41-36-35-40-50-42-37-39-49)54-46-34-32-30-28-26-24-22-20-18-16-14-12-10-8-6-4-2/h50-51,53-54H,3-47,49H2,1-2H3,(H,52,56). The van der Waals surface area contributed by atoms with Crippen LogP contribution >= 0.6 is 0 Å². The lowest BCUT2D eigenvalue weighted by atomic mass is 10.0. The number of carbonyl (C=O) groups is 1. The van der Waals surface area contributed by atoms with Crippen molar-refractivity contribution < 1.29 is 4.79 Å². The molecule has 7 N–H and O–H groups in total. The van der Waals surface area contributed by atoms with Crippen molar-refractivity contribution in [2.75, 3.05) is 58.9 Å². The quantitative estimate of drug-likeness (QED) is 0.0269. The number of nitrogens with zero attached hydrogens (tertiary/aromatic N) is 1. The van der Waals surface area contributed by atoms with Gasteiger partial charge in [0.05, 0.1) is 0 Å². The van der Waals surface area contributed by atoms with Crippen LogP contribution in [0.5, 0.6) is 0 Å². The zero-order chi connectivity index (χ0) is 40.5. The molecule has 0 aromatic heterocycles. The third kappa shape index (κ3) is 47.6. The summed E-state index contributed by atoms with van der Waals surface area (Å²) in [5, 5.41) is 12.1. The summed E-state index contributed by atoms with van der Waals surface area (Å²) < 4.78 is 0. The zero-order valence-corrected chi connectivity index (χ0v) is 38.3. The third-order valence-corrected chi connectivity index (χ3v) is 11.3. The highest BCUT2D eigenvalue weighted by atomic mass is 16.2. The highest BCUT2D eigenvalue weighted by Crippen LogP contribution is 2.15. The van der Waals surface area contributed by atoms with E-state index in [4.69, 9.17) is 5.73 Å². The molecule has 0 aliphatic heterocycles. The molecule has 0 bridgehead atoms. The molecule has 0 atom stereocenters. The van der Waals surface area contributed by atoms with Gasteiger partial charge in [-0.1, -0.05) is 206 Å². The maximum Gasteiger partial charge on any atom is 0.237 e. The lowest BCUT2D eigenvalue weighted by Gasteiger charge is -2.24. The molecule has 1 amide bonds. The van der Waals surface area contributed by atoms with Gasteiger partial charge in [-0.25, -0.2) is 10.9 Å². The predicted octanol–water partition coefficient (Wildman–Crippen LogP) is 11.6. The summed E-state index contributed by atoms with van der Waals surface area (Å²) in [4.78, 5) is 12.8. The molecule has 0 aliphatic carbocycles. The Hall–Kier alpha value is -0.770. The molecule has 0 aromatic rings. The first kappa shape index (κ1) is 55.2. The Labute approximate surface area is 351 Å². The summed E-state index contributed by atoms with van der Waals surface area (Å²) in [6.45, 7) is 12.3. The molecule has 0 aliphatic rings. The van der Waals surface area contributed by atoms with Gasteiger partial charge in [0.2, 0.25) is 5.91 Å². The van der Waals surface area contributed by atoms with Crippen LogP contribution in [0.1, 0.15) is 245 Å². The van der Waals surface area contributed by atoms with E-state index in [0.717, 1.165) is 78.0 Å². The average molecular weight is 794 g/mol. The lowest BCUT2D eigenvalue weighted by Crippen LogP contribution is -2.53. The fourth-order valence-electron chi connectivity index (χ4n) is 7.56. The Morgan fingerprint density at radius 1 is 0.357 bits per heavy atom. The van der Waals surface area contributed by atoms with Crippen molar-refractivity contribution in [1.82, 2.24) is 31.9 Å². The maximum atomic E-state index is 12.8. The number of rotatable bonds is 50. The number of carbonyl (C=O) groups excluding carboxylic acids is 1. The summed E-state index contributed by atoms with van der Waals surface area (Å²) in [5.41, 5.74) is 12.6. The van der Waals surface area contributed by atoms with Gasteiger partial charge in [0.25, 0.3) is 0 Å². The molecular formula is C48H103N7O. The van der Waals surface area contributed by atoms with Gasteiger partial charge in [0.1, 0.15) is 6.54 Å². The first-order valence-corrected chi connectivity index (χ1v) is 25.4. The Morgan fingerprint density at radius 2 is 0.643 bits per heavy atom. The van der Waals surface area contributed by atoms with Crippen LogP contribution < -0.4 is 32.5 Å². The highest BCUT2D eigenvalue weighted by molar-refractivity contribution is 5.77. The van der Waals surface area contributed by atoms with Gasteiger partial charge in [0, 0.05) is 19.6 Å². The van der Waals surface area contributed by atoms with Gasteiger partial charge in [-0.05, 0) is 71.2 Å². The molecule has 0 radical (unpaired) electrons. The smallest absolute Gasteiger partial charge is 0.237 e. The second-order valence-electron chi connectivity index (χ2n) is 17.1. The summed E-state index contributed by atoms with van der Waals surface area (Å²) in [7, 11) is 0. The molecule has 8 nitrogen and oxygen atoms in total. The number of unbranched alkanes of at least 4 members (excludes halogenated alkanes) is 31. The summed E-state index contributed by atoms with van der Waals surface area (Å²) >= 11 is 0. The Morgan fingerprint density at radius 3 is 0.982 bits per heavy atom. The van der Waals surface area contributed by atoms with Crippen molar-refractivity contribution in [3.63, 3.8) is 0 Å². The Kier molecular flexibility index (Phi) is 49.7. The number of hydrogen-bond donors (Lipinski definition) is 6. The summed E-state index contributed by atoms with van der Waals surface area (Å²) in [5.74, 6) is 0.0903. The van der Waals surface area contributed by atoms with Gasteiger partial charge in [-0.2, -0.15) is 5.12 Å². The van der Waals surface area contributed by atoms with Crippen LogP contribution in [0.4, 0.5) is 0 Å². The van der Waals surface area contributed by atoms with Crippen LogP contribution in [-0.2, 0) is 4.79 Å². The predicted molar refractivity (Wildman–Crippen MR) is 248 cm³/mol. The highest BCUT2D eigenvalue weighted by Gasteiger charge is 2.10. The summed E-state index contributed by atoms with van der Waals surface area (Å²) in [6.07, 6.45) is 48.7. The van der Waals surface area contributed by atoms with Crippen LogP contribution in [0.25, 0.3) is 0 Å². The lowest BCUT2D eigenvalue weighted by molar-refractivity contribution is -0.124. The van der Waals surface area contributed by atoms with Crippen molar-refractivity contribution in [3.05, 3.63) is 0 Å². The topological polar surface area (TPSA) is 106 Å². The number of amides is 1. The molecular weight excluding hydrogens is 691 g/mol.